The number of ether oxygens (including phenoxy) is 1. The lowest BCUT2D eigenvalue weighted by molar-refractivity contribution is 0.303. The van der Waals surface area contributed by atoms with Gasteiger partial charge < -0.3 is 15.8 Å². The summed E-state index contributed by atoms with van der Waals surface area (Å²) in [6.07, 6.45) is 4.62. The van der Waals surface area contributed by atoms with Gasteiger partial charge in [-0.1, -0.05) is 0 Å². The number of fused-ring (bicyclic) bond motifs is 1. The number of H-pyrrole nitrogens is 1. The Hall–Kier alpha value is -2.87. The van der Waals surface area contributed by atoms with Gasteiger partial charge >= 0.3 is 0 Å². The van der Waals surface area contributed by atoms with Crippen molar-refractivity contribution in [2.75, 3.05) is 18.8 Å². The molecule has 3 aromatic rings. The first kappa shape index (κ1) is 16.3. The van der Waals surface area contributed by atoms with Crippen LogP contribution < -0.4 is 21.3 Å². The van der Waals surface area contributed by atoms with Crippen LogP contribution in [-0.4, -0.2) is 39.2 Å². The zero-order valence-electron chi connectivity index (χ0n) is 14.9. The highest BCUT2D eigenvalue weighted by Gasteiger charge is 2.25. The maximum absolute atomic E-state index is 12.5. The highest BCUT2D eigenvalue weighted by atomic mass is 16.5. The highest BCUT2D eigenvalue weighted by Crippen LogP contribution is 2.34. The van der Waals surface area contributed by atoms with Crippen molar-refractivity contribution in [3.05, 3.63) is 34.6 Å². The van der Waals surface area contributed by atoms with Gasteiger partial charge in [-0.25, -0.2) is 5.10 Å². The van der Waals surface area contributed by atoms with Crippen LogP contribution in [0.4, 0.5) is 5.82 Å². The SMILES string of the molecule is Nc1n[nH]c(=O)c2c1c(-c1ccc(OC3CC3)cc1)nn2C1CCCNC1. The molecule has 3 heterocycles. The van der Waals surface area contributed by atoms with Gasteiger partial charge in [0.2, 0.25) is 0 Å². The Bertz CT molecular complexity index is 1030. The van der Waals surface area contributed by atoms with E-state index in [4.69, 9.17) is 15.6 Å². The average molecular weight is 366 g/mol. The van der Waals surface area contributed by atoms with Crippen LogP contribution in [-0.2, 0) is 0 Å². The van der Waals surface area contributed by atoms with Gasteiger partial charge in [0.1, 0.15) is 17.0 Å². The molecule has 27 heavy (non-hydrogen) atoms. The number of hydrogen-bond donors (Lipinski definition) is 3. The topological polar surface area (TPSA) is 111 Å². The van der Waals surface area contributed by atoms with Gasteiger partial charge in [-0.3, -0.25) is 9.48 Å². The minimum atomic E-state index is -0.266. The molecule has 140 valence electrons. The standard InChI is InChI=1S/C19H22N6O2/c20-18-15-16(11-3-5-13(6-4-11)27-14-7-8-14)24-25(12-2-1-9-21-10-12)17(15)19(26)23-22-18/h3-6,12,14,21H,1-2,7-10H2,(H2,20,22)(H,23,26). The summed E-state index contributed by atoms with van der Waals surface area (Å²) in [5.74, 6) is 1.14. The van der Waals surface area contributed by atoms with Gasteiger partial charge in [0, 0.05) is 12.1 Å². The zero-order chi connectivity index (χ0) is 18.4. The first-order valence-electron chi connectivity index (χ1n) is 9.45. The second-order valence-corrected chi connectivity index (χ2v) is 7.30. The molecule has 1 saturated carbocycles. The minimum absolute atomic E-state index is 0.121. The number of anilines is 1. The summed E-state index contributed by atoms with van der Waals surface area (Å²) < 4.78 is 7.64. The number of nitrogens with zero attached hydrogens (tertiary/aromatic N) is 3. The number of piperidine rings is 1. The molecule has 4 N–H and O–H groups in total. The van der Waals surface area contributed by atoms with E-state index in [0.29, 0.717) is 22.7 Å². The molecule has 0 bridgehead atoms. The minimum Gasteiger partial charge on any atom is -0.490 e. The molecular formula is C19H22N6O2. The molecule has 1 aliphatic carbocycles. The van der Waals surface area contributed by atoms with Crippen molar-refractivity contribution in [3.63, 3.8) is 0 Å². The smallest absolute Gasteiger partial charge is 0.290 e. The fourth-order valence-corrected chi connectivity index (χ4v) is 3.69. The van der Waals surface area contributed by atoms with E-state index in [1.165, 1.54) is 0 Å². The molecule has 5 rings (SSSR count). The molecule has 0 amide bonds. The van der Waals surface area contributed by atoms with Crippen LogP contribution in [0.3, 0.4) is 0 Å². The van der Waals surface area contributed by atoms with Gasteiger partial charge in [-0.05, 0) is 56.5 Å². The number of nitrogens with one attached hydrogen (secondary N) is 2. The number of hydrogen-bond acceptors (Lipinski definition) is 6. The molecule has 1 aromatic carbocycles. The Kier molecular flexibility index (Phi) is 3.86. The third kappa shape index (κ3) is 2.95. The van der Waals surface area contributed by atoms with Crippen LogP contribution in [0.25, 0.3) is 22.2 Å². The van der Waals surface area contributed by atoms with Crippen LogP contribution in [0.5, 0.6) is 5.75 Å². The molecule has 8 nitrogen and oxygen atoms in total. The lowest BCUT2D eigenvalue weighted by Gasteiger charge is -2.23. The van der Waals surface area contributed by atoms with Crippen LogP contribution in [0.15, 0.2) is 29.1 Å². The van der Waals surface area contributed by atoms with Crippen LogP contribution in [0.1, 0.15) is 31.7 Å². The summed E-state index contributed by atoms with van der Waals surface area (Å²) in [5, 5.41) is 15.2. The van der Waals surface area contributed by atoms with E-state index >= 15 is 0 Å². The van der Waals surface area contributed by atoms with Crippen molar-refractivity contribution < 1.29 is 4.74 Å². The summed E-state index contributed by atoms with van der Waals surface area (Å²) in [7, 11) is 0. The van der Waals surface area contributed by atoms with E-state index in [-0.39, 0.29) is 17.4 Å². The summed E-state index contributed by atoms with van der Waals surface area (Å²) in [5.41, 5.74) is 7.94. The first-order valence-corrected chi connectivity index (χ1v) is 9.45. The Balaban J connectivity index is 1.62. The number of nitrogen functional groups attached to an aromatic ring is 1. The molecule has 0 radical (unpaired) electrons. The summed E-state index contributed by atoms with van der Waals surface area (Å²) in [6.45, 7) is 1.77. The first-order chi connectivity index (χ1) is 13.2. The average Bonchev–Trinajstić information content (AvgIpc) is 3.42. The second-order valence-electron chi connectivity index (χ2n) is 7.30. The van der Waals surface area contributed by atoms with E-state index in [1.54, 1.807) is 0 Å². The van der Waals surface area contributed by atoms with Gasteiger partial charge in [0.05, 0.1) is 17.5 Å². The fraction of sp³-hybridized carbons (Fsp3) is 0.421. The van der Waals surface area contributed by atoms with Crippen molar-refractivity contribution in [1.82, 2.24) is 25.3 Å². The number of nitrogens with two attached hydrogens (primary N) is 1. The maximum Gasteiger partial charge on any atom is 0.290 e. The van der Waals surface area contributed by atoms with Crippen LogP contribution >= 0.6 is 0 Å². The zero-order valence-corrected chi connectivity index (χ0v) is 14.9. The van der Waals surface area contributed by atoms with E-state index in [9.17, 15) is 4.79 Å². The Morgan fingerprint density at radius 1 is 1.19 bits per heavy atom. The third-order valence-corrected chi connectivity index (χ3v) is 5.23. The summed E-state index contributed by atoms with van der Waals surface area (Å²) in [4.78, 5) is 12.5. The predicted molar refractivity (Wildman–Crippen MR) is 103 cm³/mol. The molecule has 0 spiro atoms. The number of benzene rings is 1. The van der Waals surface area contributed by atoms with Crippen molar-refractivity contribution in [3.8, 4) is 17.0 Å². The van der Waals surface area contributed by atoms with Gasteiger partial charge in [-0.15, -0.1) is 0 Å². The maximum atomic E-state index is 12.5. The summed E-state index contributed by atoms with van der Waals surface area (Å²) >= 11 is 0. The third-order valence-electron chi connectivity index (χ3n) is 5.23. The van der Waals surface area contributed by atoms with E-state index < -0.39 is 0 Å². The number of rotatable bonds is 4. The lowest BCUT2D eigenvalue weighted by atomic mass is 10.1. The number of aromatic amines is 1. The molecular weight excluding hydrogens is 344 g/mol. The molecule has 2 aromatic heterocycles. The van der Waals surface area contributed by atoms with E-state index in [0.717, 1.165) is 50.1 Å². The molecule has 2 fully saturated rings. The Morgan fingerprint density at radius 3 is 2.70 bits per heavy atom. The molecule has 1 unspecified atom stereocenters. The quantitative estimate of drug-likeness (QED) is 0.650. The molecule has 1 saturated heterocycles. The van der Waals surface area contributed by atoms with E-state index in [1.807, 2.05) is 28.9 Å². The fourth-order valence-electron chi connectivity index (χ4n) is 3.69. The Labute approximate surface area is 155 Å². The highest BCUT2D eigenvalue weighted by molar-refractivity contribution is 5.99. The largest absolute Gasteiger partial charge is 0.490 e. The van der Waals surface area contributed by atoms with Crippen molar-refractivity contribution in [2.45, 2.75) is 37.8 Å². The van der Waals surface area contributed by atoms with Crippen molar-refractivity contribution in [1.29, 1.82) is 0 Å². The predicted octanol–water partition coefficient (Wildman–Crippen LogP) is 1.83. The molecule has 2 aliphatic rings. The van der Waals surface area contributed by atoms with Gasteiger partial charge in [0.25, 0.3) is 5.56 Å². The van der Waals surface area contributed by atoms with Crippen LogP contribution in [0, 0.1) is 0 Å². The normalized spacial score (nSPS) is 20.1. The van der Waals surface area contributed by atoms with E-state index in [2.05, 4.69) is 15.5 Å². The van der Waals surface area contributed by atoms with Crippen molar-refractivity contribution >= 4 is 16.7 Å². The lowest BCUT2D eigenvalue weighted by Crippen LogP contribution is -2.33. The van der Waals surface area contributed by atoms with Crippen LogP contribution in [0.2, 0.25) is 0 Å². The van der Waals surface area contributed by atoms with Gasteiger partial charge in [0.15, 0.2) is 5.82 Å². The Morgan fingerprint density at radius 2 is 2.00 bits per heavy atom. The number of aromatic nitrogens is 4. The second kappa shape index (κ2) is 6.38. The summed E-state index contributed by atoms with van der Waals surface area (Å²) in [6, 6.07) is 7.93. The van der Waals surface area contributed by atoms with Crippen molar-refractivity contribution in [2.24, 2.45) is 0 Å². The monoisotopic (exact) mass is 366 g/mol. The molecule has 1 aliphatic heterocycles. The van der Waals surface area contributed by atoms with Gasteiger partial charge in [-0.2, -0.15) is 10.2 Å². The molecule has 8 heteroatoms. The molecule has 1 atom stereocenters.